The molecule has 0 atom stereocenters. The highest BCUT2D eigenvalue weighted by Gasteiger charge is 2.17. The molecular weight excluding hydrogens is 262 g/mol. The van der Waals surface area contributed by atoms with Gasteiger partial charge in [-0.1, -0.05) is 19.8 Å². The average Bonchev–Trinajstić information content (AvgIpc) is 2.84. The number of sulfonamides is 1. The molecule has 0 spiro atoms. The highest BCUT2D eigenvalue weighted by atomic mass is 32.2. The molecule has 4 N–H and O–H groups in total. The largest absolute Gasteiger partial charge is 0.397 e. The van der Waals surface area contributed by atoms with Crippen LogP contribution >= 0.6 is 0 Å². The number of hydrogen-bond donors (Lipinski definition) is 3. The lowest BCUT2D eigenvalue weighted by Crippen LogP contribution is -2.23. The summed E-state index contributed by atoms with van der Waals surface area (Å²) in [7, 11) is -3.43. The third kappa shape index (κ3) is 3.39. The van der Waals surface area contributed by atoms with E-state index < -0.39 is 10.0 Å². The van der Waals surface area contributed by atoms with Crippen molar-refractivity contribution < 1.29 is 8.42 Å². The smallest absolute Gasteiger partial charge is 0.240 e. The van der Waals surface area contributed by atoms with E-state index in [0.717, 1.165) is 18.5 Å². The lowest BCUT2D eigenvalue weighted by atomic mass is 10.2. The molecule has 1 fully saturated rings. The summed E-state index contributed by atoms with van der Waals surface area (Å²) in [6.07, 6.45) is 4.78. The van der Waals surface area contributed by atoms with Gasteiger partial charge in [0.05, 0.1) is 16.3 Å². The van der Waals surface area contributed by atoms with Crippen LogP contribution in [0.3, 0.4) is 0 Å². The zero-order valence-corrected chi connectivity index (χ0v) is 12.0. The lowest BCUT2D eigenvalue weighted by molar-refractivity contribution is 0.584. The topological polar surface area (TPSA) is 84.2 Å². The molecular formula is C13H21N3O2S. The second-order valence-electron chi connectivity index (χ2n) is 4.88. The molecule has 1 aromatic rings. The molecule has 1 aromatic carbocycles. The quantitative estimate of drug-likeness (QED) is 0.721. The Kier molecular flexibility index (Phi) is 4.31. The number of rotatable bonds is 5. The molecule has 0 bridgehead atoms. The van der Waals surface area contributed by atoms with E-state index in [0.29, 0.717) is 18.3 Å². The SMILES string of the molecule is CCNS(=O)(=O)c1ccc(NC2CCCC2)c(N)c1. The van der Waals surface area contributed by atoms with Crippen LogP contribution in [0.2, 0.25) is 0 Å². The highest BCUT2D eigenvalue weighted by molar-refractivity contribution is 7.89. The second kappa shape index (κ2) is 5.79. The molecule has 0 saturated heterocycles. The minimum atomic E-state index is -3.43. The van der Waals surface area contributed by atoms with Gasteiger partial charge in [0.2, 0.25) is 10.0 Å². The molecule has 1 aliphatic carbocycles. The molecule has 0 amide bonds. The Balaban J connectivity index is 2.17. The minimum absolute atomic E-state index is 0.212. The maximum atomic E-state index is 11.9. The van der Waals surface area contributed by atoms with Crippen LogP contribution in [0, 0.1) is 0 Å². The Morgan fingerprint density at radius 2 is 2.00 bits per heavy atom. The predicted molar refractivity (Wildman–Crippen MR) is 77.6 cm³/mol. The van der Waals surface area contributed by atoms with Gasteiger partial charge in [0.1, 0.15) is 0 Å². The van der Waals surface area contributed by atoms with E-state index in [2.05, 4.69) is 10.0 Å². The molecule has 5 nitrogen and oxygen atoms in total. The first-order valence-corrected chi connectivity index (χ1v) is 8.17. The molecule has 0 radical (unpaired) electrons. The Bertz CT molecular complexity index is 537. The normalized spacial score (nSPS) is 16.7. The van der Waals surface area contributed by atoms with E-state index in [1.165, 1.54) is 18.9 Å². The molecule has 2 rings (SSSR count). The number of nitrogens with two attached hydrogens (primary N) is 1. The summed E-state index contributed by atoms with van der Waals surface area (Å²) in [5.74, 6) is 0. The Labute approximate surface area is 114 Å². The first kappa shape index (κ1) is 14.1. The molecule has 1 aliphatic rings. The Morgan fingerprint density at radius 3 is 2.58 bits per heavy atom. The van der Waals surface area contributed by atoms with Gasteiger partial charge in [-0.05, 0) is 31.0 Å². The van der Waals surface area contributed by atoms with Crippen LogP contribution in [-0.4, -0.2) is 21.0 Å². The fourth-order valence-electron chi connectivity index (χ4n) is 2.40. The first-order valence-electron chi connectivity index (χ1n) is 6.68. The predicted octanol–water partition coefficient (Wildman–Crippen LogP) is 1.92. The zero-order valence-electron chi connectivity index (χ0n) is 11.1. The van der Waals surface area contributed by atoms with Crippen molar-refractivity contribution in [1.82, 2.24) is 4.72 Å². The number of nitrogen functional groups attached to an aromatic ring is 1. The zero-order chi connectivity index (χ0) is 13.9. The van der Waals surface area contributed by atoms with Crippen molar-refractivity contribution in [3.8, 4) is 0 Å². The van der Waals surface area contributed by atoms with Crippen molar-refractivity contribution in [1.29, 1.82) is 0 Å². The van der Waals surface area contributed by atoms with Crippen molar-refractivity contribution in [3.05, 3.63) is 18.2 Å². The van der Waals surface area contributed by atoms with Crippen LogP contribution < -0.4 is 15.8 Å². The second-order valence-corrected chi connectivity index (χ2v) is 6.64. The average molecular weight is 283 g/mol. The minimum Gasteiger partial charge on any atom is -0.397 e. The molecule has 106 valence electrons. The molecule has 0 aliphatic heterocycles. The van der Waals surface area contributed by atoms with Crippen molar-refractivity contribution in [3.63, 3.8) is 0 Å². The molecule has 1 saturated carbocycles. The summed E-state index contributed by atoms with van der Waals surface area (Å²) in [6.45, 7) is 2.11. The monoisotopic (exact) mass is 283 g/mol. The molecule has 19 heavy (non-hydrogen) atoms. The third-order valence-corrected chi connectivity index (χ3v) is 4.93. The van der Waals surface area contributed by atoms with E-state index in [-0.39, 0.29) is 4.90 Å². The summed E-state index contributed by atoms with van der Waals surface area (Å²) in [5.41, 5.74) is 7.24. The van der Waals surface area contributed by atoms with Gasteiger partial charge in [-0.3, -0.25) is 0 Å². The first-order chi connectivity index (χ1) is 9.03. The van der Waals surface area contributed by atoms with Gasteiger partial charge in [0.15, 0.2) is 0 Å². The molecule has 0 aromatic heterocycles. The van der Waals surface area contributed by atoms with Gasteiger partial charge in [0, 0.05) is 12.6 Å². The van der Waals surface area contributed by atoms with Crippen LogP contribution in [-0.2, 0) is 10.0 Å². The van der Waals surface area contributed by atoms with Gasteiger partial charge in [-0.25, -0.2) is 13.1 Å². The Morgan fingerprint density at radius 1 is 1.32 bits per heavy atom. The number of anilines is 2. The van der Waals surface area contributed by atoms with Gasteiger partial charge in [-0.2, -0.15) is 0 Å². The van der Waals surface area contributed by atoms with Crippen molar-refractivity contribution in [2.24, 2.45) is 0 Å². The van der Waals surface area contributed by atoms with Crippen LogP contribution in [0.1, 0.15) is 32.6 Å². The van der Waals surface area contributed by atoms with Gasteiger partial charge >= 0.3 is 0 Å². The highest BCUT2D eigenvalue weighted by Crippen LogP contribution is 2.27. The van der Waals surface area contributed by atoms with E-state index in [1.54, 1.807) is 19.1 Å². The van der Waals surface area contributed by atoms with E-state index in [1.807, 2.05) is 0 Å². The van der Waals surface area contributed by atoms with Crippen molar-refractivity contribution >= 4 is 21.4 Å². The Hall–Kier alpha value is -1.27. The van der Waals surface area contributed by atoms with Crippen LogP contribution in [0.15, 0.2) is 23.1 Å². The summed E-state index contributed by atoms with van der Waals surface area (Å²) in [6, 6.07) is 5.30. The van der Waals surface area contributed by atoms with Gasteiger partial charge < -0.3 is 11.1 Å². The standard InChI is InChI=1S/C13H21N3O2S/c1-2-15-19(17,18)11-7-8-13(12(14)9-11)16-10-5-3-4-6-10/h7-10,15-16H,2-6,14H2,1H3. The molecule has 0 heterocycles. The van der Waals surface area contributed by atoms with Gasteiger partial charge in [-0.15, -0.1) is 0 Å². The number of benzene rings is 1. The van der Waals surface area contributed by atoms with E-state index in [4.69, 9.17) is 5.73 Å². The summed E-state index contributed by atoms with van der Waals surface area (Å²) in [4.78, 5) is 0.212. The third-order valence-electron chi connectivity index (χ3n) is 3.38. The van der Waals surface area contributed by atoms with Gasteiger partial charge in [0.25, 0.3) is 0 Å². The molecule has 6 heteroatoms. The van der Waals surface area contributed by atoms with Crippen LogP contribution in [0.25, 0.3) is 0 Å². The van der Waals surface area contributed by atoms with Crippen molar-refractivity contribution in [2.45, 2.75) is 43.5 Å². The number of hydrogen-bond acceptors (Lipinski definition) is 4. The maximum absolute atomic E-state index is 11.9. The molecule has 0 unspecified atom stereocenters. The number of nitrogens with one attached hydrogen (secondary N) is 2. The summed E-state index contributed by atoms with van der Waals surface area (Å²) in [5, 5.41) is 3.38. The van der Waals surface area contributed by atoms with Crippen LogP contribution in [0.4, 0.5) is 11.4 Å². The lowest BCUT2D eigenvalue weighted by Gasteiger charge is -2.16. The van der Waals surface area contributed by atoms with Crippen LogP contribution in [0.5, 0.6) is 0 Å². The van der Waals surface area contributed by atoms with E-state index >= 15 is 0 Å². The fraction of sp³-hybridized carbons (Fsp3) is 0.538. The van der Waals surface area contributed by atoms with E-state index in [9.17, 15) is 8.42 Å². The summed E-state index contributed by atoms with van der Waals surface area (Å²) >= 11 is 0. The van der Waals surface area contributed by atoms with Crippen molar-refractivity contribution in [2.75, 3.05) is 17.6 Å². The summed E-state index contributed by atoms with van der Waals surface area (Å²) < 4.78 is 26.2. The maximum Gasteiger partial charge on any atom is 0.240 e. The fourth-order valence-corrected chi connectivity index (χ4v) is 3.48.